The minimum atomic E-state index is -1.07. The molecule has 2 fully saturated rings. The van der Waals surface area contributed by atoms with Gasteiger partial charge >= 0.3 is 6.09 Å². The van der Waals surface area contributed by atoms with Crippen molar-refractivity contribution in [2.45, 2.75) is 31.4 Å². The summed E-state index contributed by atoms with van der Waals surface area (Å²) in [7, 11) is 0. The van der Waals surface area contributed by atoms with Crippen LogP contribution in [0.3, 0.4) is 0 Å². The van der Waals surface area contributed by atoms with Crippen molar-refractivity contribution in [1.29, 1.82) is 0 Å². The predicted molar refractivity (Wildman–Crippen MR) is 70.9 cm³/mol. The molecule has 1 aromatic carbocycles. The van der Waals surface area contributed by atoms with Gasteiger partial charge in [-0.05, 0) is 30.7 Å². The van der Waals surface area contributed by atoms with E-state index in [0.29, 0.717) is 6.42 Å². The first-order valence-electron chi connectivity index (χ1n) is 6.88. The second-order valence-corrected chi connectivity index (χ2v) is 5.41. The number of carbonyl (C=O) groups excluding carboxylic acids is 2. The molecule has 1 heterocycles. The third-order valence-corrected chi connectivity index (χ3v) is 3.83. The molecule has 1 saturated heterocycles. The third-order valence-electron chi connectivity index (χ3n) is 3.83. The lowest BCUT2D eigenvalue weighted by molar-refractivity contribution is -0.139. The summed E-state index contributed by atoms with van der Waals surface area (Å²) in [6.45, 7) is 0.191. The third kappa shape index (κ3) is 2.54. The maximum atomic E-state index is 12.2. The van der Waals surface area contributed by atoms with Gasteiger partial charge in [-0.25, -0.2) is 9.69 Å². The summed E-state index contributed by atoms with van der Waals surface area (Å²) < 4.78 is 4.98. The van der Waals surface area contributed by atoms with Crippen LogP contribution in [0.4, 0.5) is 4.79 Å². The highest BCUT2D eigenvalue weighted by molar-refractivity contribution is 5.96. The first-order valence-corrected chi connectivity index (χ1v) is 6.88. The maximum absolute atomic E-state index is 12.2. The lowest BCUT2D eigenvalue weighted by Crippen LogP contribution is -2.46. The molecule has 3 rings (SSSR count). The van der Waals surface area contributed by atoms with Crippen molar-refractivity contribution in [3.05, 3.63) is 35.9 Å². The van der Waals surface area contributed by atoms with E-state index in [0.717, 1.165) is 23.3 Å². The number of cyclic esters (lactones) is 1. The van der Waals surface area contributed by atoms with Gasteiger partial charge in [0.2, 0.25) is 0 Å². The summed E-state index contributed by atoms with van der Waals surface area (Å²) in [5.74, 6) is -0.510. The normalized spacial score (nSPS) is 23.6. The maximum Gasteiger partial charge on any atom is 0.417 e. The Labute approximate surface area is 117 Å². The highest BCUT2D eigenvalue weighted by Gasteiger charge is 2.44. The number of imide groups is 1. The fourth-order valence-electron chi connectivity index (χ4n) is 2.52. The van der Waals surface area contributed by atoms with Crippen LogP contribution in [0.2, 0.25) is 0 Å². The van der Waals surface area contributed by atoms with Gasteiger partial charge in [0, 0.05) is 0 Å². The molecule has 5 heteroatoms. The Kier molecular flexibility index (Phi) is 3.44. The molecule has 1 unspecified atom stereocenters. The average molecular weight is 275 g/mol. The summed E-state index contributed by atoms with van der Waals surface area (Å²) in [5, 5.41) is 9.92. The zero-order chi connectivity index (χ0) is 14.1. The molecular weight excluding hydrogens is 258 g/mol. The number of nitrogens with zero attached hydrogens (tertiary/aromatic N) is 1. The summed E-state index contributed by atoms with van der Waals surface area (Å²) in [6, 6.07) is 9.31. The van der Waals surface area contributed by atoms with Gasteiger partial charge in [-0.3, -0.25) is 4.79 Å². The van der Waals surface area contributed by atoms with Gasteiger partial charge in [-0.2, -0.15) is 0 Å². The molecule has 2 atom stereocenters. The molecule has 5 nitrogen and oxygen atoms in total. The fraction of sp³-hybridized carbons (Fsp3) is 0.467. The summed E-state index contributed by atoms with van der Waals surface area (Å²) in [5.41, 5.74) is 1.04. The van der Waals surface area contributed by atoms with Crippen molar-refractivity contribution in [2.75, 3.05) is 6.61 Å². The molecule has 0 aromatic heterocycles. The standard InChI is InChI=1S/C15H17NO4/c17-13(11-6-7-11)14(18)16-12(9-20-15(16)19)8-10-4-2-1-3-5-10/h1-5,11-13,17H,6-9H2/t12-,13?/m0/s1. The minimum absolute atomic E-state index is 0.00766. The molecule has 0 bridgehead atoms. The van der Waals surface area contributed by atoms with E-state index in [1.54, 1.807) is 0 Å². The second kappa shape index (κ2) is 5.25. The van der Waals surface area contributed by atoms with Gasteiger partial charge < -0.3 is 9.84 Å². The zero-order valence-electron chi connectivity index (χ0n) is 11.1. The van der Waals surface area contributed by atoms with E-state index in [1.165, 1.54) is 0 Å². The van der Waals surface area contributed by atoms with Crippen LogP contribution in [-0.4, -0.2) is 40.8 Å². The Bertz CT molecular complexity index is 512. The van der Waals surface area contributed by atoms with E-state index in [9.17, 15) is 14.7 Å². The number of carbonyl (C=O) groups is 2. The molecule has 2 aliphatic rings. The molecule has 1 N–H and O–H groups in total. The Balaban J connectivity index is 1.73. The smallest absolute Gasteiger partial charge is 0.417 e. The van der Waals surface area contributed by atoms with Gasteiger partial charge in [0.1, 0.15) is 12.7 Å². The van der Waals surface area contributed by atoms with Crippen LogP contribution in [0.15, 0.2) is 30.3 Å². The molecule has 2 amide bonds. The van der Waals surface area contributed by atoms with Crippen molar-refractivity contribution < 1.29 is 19.4 Å². The largest absolute Gasteiger partial charge is 0.447 e. The molecule has 1 aliphatic heterocycles. The van der Waals surface area contributed by atoms with Crippen LogP contribution in [0.5, 0.6) is 0 Å². The van der Waals surface area contributed by atoms with Crippen molar-refractivity contribution in [3.8, 4) is 0 Å². The monoisotopic (exact) mass is 275 g/mol. The van der Waals surface area contributed by atoms with E-state index < -0.39 is 18.1 Å². The first-order chi connectivity index (χ1) is 9.66. The van der Waals surface area contributed by atoms with E-state index >= 15 is 0 Å². The van der Waals surface area contributed by atoms with E-state index in [-0.39, 0.29) is 18.6 Å². The summed E-state index contributed by atoms with van der Waals surface area (Å²) in [4.78, 5) is 25.0. The van der Waals surface area contributed by atoms with E-state index in [2.05, 4.69) is 0 Å². The summed E-state index contributed by atoms with van der Waals surface area (Å²) >= 11 is 0. The molecule has 1 aliphatic carbocycles. The molecule has 0 radical (unpaired) electrons. The van der Waals surface area contributed by atoms with Gasteiger partial charge in [0.25, 0.3) is 5.91 Å². The van der Waals surface area contributed by atoms with Crippen LogP contribution in [0.1, 0.15) is 18.4 Å². The highest BCUT2D eigenvalue weighted by Crippen LogP contribution is 2.34. The number of aliphatic hydroxyl groups excluding tert-OH is 1. The number of amides is 2. The van der Waals surface area contributed by atoms with Crippen LogP contribution in [0.25, 0.3) is 0 Å². The number of hydrogen-bond acceptors (Lipinski definition) is 4. The van der Waals surface area contributed by atoms with Crippen LogP contribution in [-0.2, 0) is 16.0 Å². The number of benzene rings is 1. The Morgan fingerprint density at radius 1 is 1.35 bits per heavy atom. The van der Waals surface area contributed by atoms with Crippen molar-refractivity contribution in [3.63, 3.8) is 0 Å². The second-order valence-electron chi connectivity index (χ2n) is 5.41. The SMILES string of the molecule is O=C1OC[C@H](Cc2ccccc2)N1C(=O)C(O)C1CC1. The summed E-state index contributed by atoms with van der Waals surface area (Å²) in [6.07, 6.45) is 0.531. The van der Waals surface area contributed by atoms with Gasteiger partial charge in [-0.15, -0.1) is 0 Å². The number of hydrogen-bond donors (Lipinski definition) is 1. The zero-order valence-corrected chi connectivity index (χ0v) is 11.1. The average Bonchev–Trinajstić information content (AvgIpc) is 3.24. The quantitative estimate of drug-likeness (QED) is 0.900. The topological polar surface area (TPSA) is 66.8 Å². The lowest BCUT2D eigenvalue weighted by Gasteiger charge is -2.22. The number of ether oxygens (including phenoxy) is 1. The molecular formula is C15H17NO4. The Morgan fingerprint density at radius 2 is 2.05 bits per heavy atom. The van der Waals surface area contributed by atoms with Crippen molar-refractivity contribution in [2.24, 2.45) is 5.92 Å². The van der Waals surface area contributed by atoms with Crippen LogP contribution in [0, 0.1) is 5.92 Å². The predicted octanol–water partition coefficient (Wildman–Crippen LogP) is 1.35. The van der Waals surface area contributed by atoms with Crippen LogP contribution < -0.4 is 0 Å². The molecule has 0 spiro atoms. The molecule has 1 aromatic rings. The minimum Gasteiger partial charge on any atom is -0.447 e. The molecule has 20 heavy (non-hydrogen) atoms. The van der Waals surface area contributed by atoms with Crippen LogP contribution >= 0.6 is 0 Å². The number of rotatable bonds is 4. The van der Waals surface area contributed by atoms with Gasteiger partial charge in [0.05, 0.1) is 6.04 Å². The van der Waals surface area contributed by atoms with Crippen molar-refractivity contribution >= 4 is 12.0 Å². The Hall–Kier alpha value is -1.88. The molecule has 1 saturated carbocycles. The Morgan fingerprint density at radius 3 is 2.70 bits per heavy atom. The lowest BCUT2D eigenvalue weighted by atomic mass is 10.1. The highest BCUT2D eigenvalue weighted by atomic mass is 16.6. The van der Waals surface area contributed by atoms with Gasteiger partial charge in [0.15, 0.2) is 0 Å². The van der Waals surface area contributed by atoms with Crippen molar-refractivity contribution in [1.82, 2.24) is 4.90 Å². The molecule has 106 valence electrons. The van der Waals surface area contributed by atoms with Gasteiger partial charge in [-0.1, -0.05) is 30.3 Å². The van der Waals surface area contributed by atoms with E-state index in [4.69, 9.17) is 4.74 Å². The fourth-order valence-corrected chi connectivity index (χ4v) is 2.52. The number of aliphatic hydroxyl groups is 1. The first kappa shape index (κ1) is 13.1. The van der Waals surface area contributed by atoms with E-state index in [1.807, 2.05) is 30.3 Å².